The van der Waals surface area contributed by atoms with Crippen molar-refractivity contribution in [2.75, 3.05) is 13.1 Å². The van der Waals surface area contributed by atoms with Gasteiger partial charge in [-0.05, 0) is 72.4 Å². The zero-order valence-electron chi connectivity index (χ0n) is 15.1. The van der Waals surface area contributed by atoms with Crippen LogP contribution < -0.4 is 5.32 Å². The zero-order chi connectivity index (χ0) is 16.9. The fraction of sp³-hybridized carbons (Fsp3) is 0.778. The van der Waals surface area contributed by atoms with Gasteiger partial charge in [-0.1, -0.05) is 0 Å². The van der Waals surface area contributed by atoms with E-state index in [0.717, 1.165) is 25.6 Å². The Morgan fingerprint density at radius 3 is 2.61 bits per heavy atom. The third kappa shape index (κ3) is 5.98. The second-order valence-electron chi connectivity index (χ2n) is 7.84. The van der Waals surface area contributed by atoms with E-state index in [4.69, 9.17) is 0 Å². The summed E-state index contributed by atoms with van der Waals surface area (Å²) >= 11 is 0. The standard InChI is InChI=1S/C18H32N4O/c1-15(17(23)20-18(2,3)4)22-11-7-16(8-12-22)6-5-10-21-13-9-19-14-21/h9,13-16H,5-8,10-12H2,1-4H3,(H,20,23)/t15-/m1/s1. The van der Waals surface area contributed by atoms with E-state index in [1.165, 1.54) is 25.7 Å². The second-order valence-corrected chi connectivity index (χ2v) is 7.84. The molecule has 5 nitrogen and oxygen atoms in total. The van der Waals surface area contributed by atoms with Crippen LogP contribution in [0, 0.1) is 5.92 Å². The van der Waals surface area contributed by atoms with Crippen LogP contribution in [0.2, 0.25) is 0 Å². The summed E-state index contributed by atoms with van der Waals surface area (Å²) in [6.07, 6.45) is 10.6. The van der Waals surface area contributed by atoms with Crippen molar-refractivity contribution in [1.29, 1.82) is 0 Å². The number of amides is 1. The van der Waals surface area contributed by atoms with Crippen LogP contribution in [0.25, 0.3) is 0 Å². The predicted molar refractivity (Wildman–Crippen MR) is 93.1 cm³/mol. The van der Waals surface area contributed by atoms with Gasteiger partial charge in [0.25, 0.3) is 0 Å². The molecule has 0 unspecified atom stereocenters. The first-order chi connectivity index (χ1) is 10.8. The number of hydrogen-bond acceptors (Lipinski definition) is 3. The van der Waals surface area contributed by atoms with Crippen molar-refractivity contribution in [2.24, 2.45) is 5.92 Å². The largest absolute Gasteiger partial charge is 0.350 e. The van der Waals surface area contributed by atoms with E-state index in [1.807, 2.05) is 46.4 Å². The monoisotopic (exact) mass is 320 g/mol. The van der Waals surface area contributed by atoms with Crippen LogP contribution in [0.4, 0.5) is 0 Å². The number of carbonyl (C=O) groups excluding carboxylic acids is 1. The molecule has 0 spiro atoms. The van der Waals surface area contributed by atoms with Crippen LogP contribution in [-0.4, -0.2) is 45.0 Å². The van der Waals surface area contributed by atoms with Crippen molar-refractivity contribution in [1.82, 2.24) is 19.8 Å². The highest BCUT2D eigenvalue weighted by Gasteiger charge is 2.28. The molecule has 1 aliphatic rings. The lowest BCUT2D eigenvalue weighted by Gasteiger charge is -2.36. The van der Waals surface area contributed by atoms with Gasteiger partial charge in [0, 0.05) is 24.5 Å². The van der Waals surface area contributed by atoms with Gasteiger partial charge in [0.05, 0.1) is 12.4 Å². The molecule has 5 heteroatoms. The van der Waals surface area contributed by atoms with Gasteiger partial charge in [0.1, 0.15) is 0 Å². The maximum atomic E-state index is 12.3. The van der Waals surface area contributed by atoms with Crippen molar-refractivity contribution in [3.05, 3.63) is 18.7 Å². The Labute approximate surface area is 140 Å². The molecule has 1 atom stereocenters. The summed E-state index contributed by atoms with van der Waals surface area (Å²) < 4.78 is 2.15. The molecular weight excluding hydrogens is 288 g/mol. The number of aryl methyl sites for hydroxylation is 1. The molecule has 1 aromatic heterocycles. The first-order valence-corrected chi connectivity index (χ1v) is 8.87. The lowest BCUT2D eigenvalue weighted by atomic mass is 9.91. The summed E-state index contributed by atoms with van der Waals surface area (Å²) in [7, 11) is 0. The number of nitrogens with zero attached hydrogens (tertiary/aromatic N) is 3. The highest BCUT2D eigenvalue weighted by Crippen LogP contribution is 2.23. The molecule has 1 aromatic rings. The average Bonchev–Trinajstić information content (AvgIpc) is 2.99. The maximum Gasteiger partial charge on any atom is 0.237 e. The molecule has 0 radical (unpaired) electrons. The van der Waals surface area contributed by atoms with Gasteiger partial charge < -0.3 is 9.88 Å². The summed E-state index contributed by atoms with van der Waals surface area (Å²) in [4.78, 5) is 18.7. The van der Waals surface area contributed by atoms with Gasteiger partial charge in [-0.25, -0.2) is 4.98 Å². The van der Waals surface area contributed by atoms with Gasteiger partial charge in [0.15, 0.2) is 0 Å². The Morgan fingerprint density at radius 1 is 1.35 bits per heavy atom. The van der Waals surface area contributed by atoms with Crippen LogP contribution in [-0.2, 0) is 11.3 Å². The van der Waals surface area contributed by atoms with E-state index >= 15 is 0 Å². The van der Waals surface area contributed by atoms with Crippen molar-refractivity contribution in [3.8, 4) is 0 Å². The lowest BCUT2D eigenvalue weighted by Crippen LogP contribution is -2.52. The molecule has 1 saturated heterocycles. The number of rotatable bonds is 6. The summed E-state index contributed by atoms with van der Waals surface area (Å²) in [5.41, 5.74) is -0.156. The Morgan fingerprint density at radius 2 is 2.04 bits per heavy atom. The minimum Gasteiger partial charge on any atom is -0.350 e. The molecule has 130 valence electrons. The van der Waals surface area contributed by atoms with Crippen LogP contribution in [0.15, 0.2) is 18.7 Å². The quantitative estimate of drug-likeness (QED) is 0.877. The fourth-order valence-corrected chi connectivity index (χ4v) is 3.25. The molecule has 1 aliphatic heterocycles. The first kappa shape index (κ1) is 18.0. The fourth-order valence-electron chi connectivity index (χ4n) is 3.25. The minimum absolute atomic E-state index is 0.0267. The minimum atomic E-state index is -0.156. The van der Waals surface area contributed by atoms with Gasteiger partial charge in [-0.3, -0.25) is 9.69 Å². The van der Waals surface area contributed by atoms with Crippen LogP contribution in [0.5, 0.6) is 0 Å². The molecule has 0 bridgehead atoms. The molecule has 2 heterocycles. The SMILES string of the molecule is C[C@H](C(=O)NC(C)(C)C)N1CCC(CCCn2ccnc2)CC1. The summed E-state index contributed by atoms with van der Waals surface area (Å²) in [6, 6.07) is -0.0267. The Balaban J connectivity index is 1.67. The lowest BCUT2D eigenvalue weighted by molar-refractivity contribution is -0.127. The summed E-state index contributed by atoms with van der Waals surface area (Å²) in [6.45, 7) is 11.3. The Hall–Kier alpha value is -1.36. The molecule has 0 saturated carbocycles. The van der Waals surface area contributed by atoms with Gasteiger partial charge >= 0.3 is 0 Å². The third-order valence-electron chi connectivity index (χ3n) is 4.66. The topological polar surface area (TPSA) is 50.2 Å². The molecule has 2 rings (SSSR count). The van der Waals surface area contributed by atoms with Gasteiger partial charge in [-0.15, -0.1) is 0 Å². The van der Waals surface area contributed by atoms with E-state index in [1.54, 1.807) is 0 Å². The first-order valence-electron chi connectivity index (χ1n) is 8.87. The highest BCUT2D eigenvalue weighted by molar-refractivity contribution is 5.81. The third-order valence-corrected chi connectivity index (χ3v) is 4.66. The Kier molecular flexibility index (Phi) is 6.22. The van der Waals surface area contributed by atoms with Crippen LogP contribution in [0.3, 0.4) is 0 Å². The molecular formula is C18H32N4O. The molecule has 23 heavy (non-hydrogen) atoms. The average molecular weight is 320 g/mol. The molecule has 0 aliphatic carbocycles. The van der Waals surface area contributed by atoms with Crippen molar-refractivity contribution < 1.29 is 4.79 Å². The van der Waals surface area contributed by atoms with Gasteiger partial charge in [0.2, 0.25) is 5.91 Å². The molecule has 1 N–H and O–H groups in total. The van der Waals surface area contributed by atoms with E-state index in [9.17, 15) is 4.79 Å². The molecule has 1 fully saturated rings. The molecule has 1 amide bonds. The number of likely N-dealkylation sites (tertiary alicyclic amines) is 1. The van der Waals surface area contributed by atoms with Crippen molar-refractivity contribution in [2.45, 2.75) is 71.5 Å². The van der Waals surface area contributed by atoms with E-state index in [0.29, 0.717) is 0 Å². The number of carbonyl (C=O) groups is 1. The van der Waals surface area contributed by atoms with Crippen LogP contribution in [0.1, 0.15) is 53.4 Å². The number of piperidine rings is 1. The highest BCUT2D eigenvalue weighted by atomic mass is 16.2. The molecule has 0 aromatic carbocycles. The van der Waals surface area contributed by atoms with E-state index in [-0.39, 0.29) is 17.5 Å². The maximum absolute atomic E-state index is 12.3. The Bertz CT molecular complexity index is 470. The number of aromatic nitrogens is 2. The van der Waals surface area contributed by atoms with Crippen molar-refractivity contribution in [3.63, 3.8) is 0 Å². The van der Waals surface area contributed by atoms with Crippen LogP contribution >= 0.6 is 0 Å². The zero-order valence-corrected chi connectivity index (χ0v) is 15.1. The van der Waals surface area contributed by atoms with E-state index in [2.05, 4.69) is 19.8 Å². The summed E-state index contributed by atoms with van der Waals surface area (Å²) in [5, 5.41) is 3.09. The number of hydrogen-bond donors (Lipinski definition) is 1. The van der Waals surface area contributed by atoms with Gasteiger partial charge in [-0.2, -0.15) is 0 Å². The predicted octanol–water partition coefficient (Wildman–Crippen LogP) is 2.68. The number of imidazole rings is 1. The van der Waals surface area contributed by atoms with E-state index < -0.39 is 0 Å². The van der Waals surface area contributed by atoms with Crippen molar-refractivity contribution >= 4 is 5.91 Å². The second kappa shape index (κ2) is 7.95. The number of nitrogens with one attached hydrogen (secondary N) is 1. The smallest absolute Gasteiger partial charge is 0.237 e. The summed E-state index contributed by atoms with van der Waals surface area (Å²) in [5.74, 6) is 0.948. The normalized spacial score (nSPS) is 18.8.